The van der Waals surface area contributed by atoms with E-state index in [1.807, 2.05) is 0 Å². The highest BCUT2D eigenvalue weighted by molar-refractivity contribution is 9.09. The van der Waals surface area contributed by atoms with Gasteiger partial charge in [-0.3, -0.25) is 4.79 Å². The molecule has 1 rings (SSSR count). The summed E-state index contributed by atoms with van der Waals surface area (Å²) in [7, 11) is 0. The van der Waals surface area contributed by atoms with Crippen LogP contribution in [0.1, 0.15) is 10.4 Å². The minimum Gasteiger partial charge on any atom is -0.516 e. The van der Waals surface area contributed by atoms with Crippen LogP contribution in [0.15, 0.2) is 12.1 Å². The number of carbonyl (C=O) groups excluding carboxylic acids is 1. The van der Waals surface area contributed by atoms with E-state index in [4.69, 9.17) is 11.7 Å². The number of hydrogen-bond acceptors (Lipinski definition) is 2. The second-order valence-electron chi connectivity index (χ2n) is 2.49. The predicted molar refractivity (Wildman–Crippen MR) is 52.5 cm³/mol. The molecule has 14 heavy (non-hydrogen) atoms. The number of Topliss-reactive ketones (excluding diaryl/α,β-unsaturated/α-hetero) is 1. The van der Waals surface area contributed by atoms with Gasteiger partial charge in [0.25, 0.3) is 0 Å². The molecule has 0 aliphatic heterocycles. The van der Waals surface area contributed by atoms with Gasteiger partial charge in [-0.2, -0.15) is 0 Å². The first-order valence-corrected chi connectivity index (χ1v) is 4.71. The summed E-state index contributed by atoms with van der Waals surface area (Å²) in [6, 6.07) is 2.07. The van der Waals surface area contributed by atoms with E-state index in [0.717, 1.165) is 12.1 Å². The minimum absolute atomic E-state index is 0.0503. The second kappa shape index (κ2) is 4.20. The van der Waals surface area contributed by atoms with Crippen LogP contribution in [0.25, 0.3) is 4.85 Å². The topological polar surface area (TPSA) is 41.7 Å². The molecular formula is C9H5BrFNO2. The van der Waals surface area contributed by atoms with E-state index in [-0.39, 0.29) is 22.4 Å². The third-order valence-corrected chi connectivity index (χ3v) is 2.12. The van der Waals surface area contributed by atoms with Crippen LogP contribution in [0.2, 0.25) is 0 Å². The summed E-state index contributed by atoms with van der Waals surface area (Å²) in [5.74, 6) is -2.01. The van der Waals surface area contributed by atoms with Crippen molar-refractivity contribution in [2.45, 2.75) is 0 Å². The number of phenolic OH excluding ortho intramolecular Hbond substituents is 1. The van der Waals surface area contributed by atoms with Crippen molar-refractivity contribution in [2.75, 3.05) is 5.33 Å². The maximum Gasteiger partial charge on any atom is 0.231 e. The highest BCUT2D eigenvalue weighted by Crippen LogP contribution is 2.30. The Morgan fingerprint density at radius 2 is 2.29 bits per heavy atom. The number of nitrogens with zero attached hydrogens (tertiary/aromatic N) is 1. The largest absolute Gasteiger partial charge is 0.516 e. The summed E-state index contributed by atoms with van der Waals surface area (Å²) < 4.78 is 13.0. The fraction of sp³-hybridized carbons (Fsp3) is 0.111. The molecule has 3 nitrogen and oxygen atoms in total. The fourth-order valence-corrected chi connectivity index (χ4v) is 1.23. The molecule has 0 aliphatic carbocycles. The number of benzene rings is 1. The maximum atomic E-state index is 13.0. The Morgan fingerprint density at radius 3 is 2.79 bits per heavy atom. The Balaban J connectivity index is 3.32. The minimum atomic E-state index is -0.956. The normalized spacial score (nSPS) is 9.50. The van der Waals surface area contributed by atoms with Crippen molar-refractivity contribution in [2.24, 2.45) is 0 Å². The van der Waals surface area contributed by atoms with E-state index in [1.165, 1.54) is 0 Å². The number of carbonyl (C=O) groups is 1. The van der Waals surface area contributed by atoms with Gasteiger partial charge in [-0.15, -0.1) is 0 Å². The SMILES string of the molecule is [C-]#[N+]c1cc(C(=O)CBr)cc(F)c1O. The van der Waals surface area contributed by atoms with Gasteiger partial charge in [-0.05, 0) is 12.1 Å². The Morgan fingerprint density at radius 1 is 1.64 bits per heavy atom. The number of aromatic hydroxyl groups is 1. The molecule has 0 atom stereocenters. The number of ketones is 1. The highest BCUT2D eigenvalue weighted by Gasteiger charge is 2.13. The van der Waals surface area contributed by atoms with E-state index in [1.54, 1.807) is 0 Å². The van der Waals surface area contributed by atoms with Crippen LogP contribution in [-0.4, -0.2) is 16.2 Å². The van der Waals surface area contributed by atoms with Gasteiger partial charge in [0.05, 0.1) is 11.9 Å². The molecule has 5 heteroatoms. The zero-order chi connectivity index (χ0) is 10.7. The van der Waals surface area contributed by atoms with Gasteiger partial charge in [0, 0.05) is 5.56 Å². The molecule has 0 radical (unpaired) electrons. The molecule has 0 heterocycles. The van der Waals surface area contributed by atoms with E-state index >= 15 is 0 Å². The quantitative estimate of drug-likeness (QED) is 0.503. The molecule has 1 N–H and O–H groups in total. The van der Waals surface area contributed by atoms with Crippen LogP contribution in [-0.2, 0) is 0 Å². The van der Waals surface area contributed by atoms with Gasteiger partial charge in [-0.25, -0.2) is 9.24 Å². The summed E-state index contributed by atoms with van der Waals surface area (Å²) >= 11 is 2.93. The van der Waals surface area contributed by atoms with E-state index in [2.05, 4.69) is 20.8 Å². The van der Waals surface area contributed by atoms with Crippen LogP contribution < -0.4 is 0 Å². The van der Waals surface area contributed by atoms with Gasteiger partial charge in [-0.1, -0.05) is 15.9 Å². The average molecular weight is 258 g/mol. The fourth-order valence-electron chi connectivity index (χ4n) is 0.908. The van der Waals surface area contributed by atoms with Crippen molar-refractivity contribution < 1.29 is 14.3 Å². The molecule has 0 amide bonds. The lowest BCUT2D eigenvalue weighted by Gasteiger charge is -2.01. The van der Waals surface area contributed by atoms with Crippen molar-refractivity contribution in [3.63, 3.8) is 0 Å². The van der Waals surface area contributed by atoms with Crippen LogP contribution in [0, 0.1) is 12.4 Å². The molecule has 0 saturated carbocycles. The third-order valence-electron chi connectivity index (χ3n) is 1.61. The number of alkyl halides is 1. The van der Waals surface area contributed by atoms with Crippen molar-refractivity contribution in [3.05, 3.63) is 34.9 Å². The van der Waals surface area contributed by atoms with Gasteiger partial charge in [0.15, 0.2) is 17.3 Å². The summed E-state index contributed by atoms with van der Waals surface area (Å²) in [6.07, 6.45) is 0. The standard InChI is InChI=1S/C9H5BrFNO2/c1-12-7-3-5(8(13)4-10)2-6(11)9(7)14/h2-3,14H,4H2. The van der Waals surface area contributed by atoms with E-state index in [9.17, 15) is 9.18 Å². The molecule has 1 aromatic carbocycles. The van der Waals surface area contributed by atoms with Gasteiger partial charge in [0.2, 0.25) is 5.69 Å². The Hall–Kier alpha value is -1.41. The van der Waals surface area contributed by atoms with E-state index in [0.29, 0.717) is 0 Å². The zero-order valence-corrected chi connectivity index (χ0v) is 8.51. The van der Waals surface area contributed by atoms with Crippen molar-refractivity contribution >= 4 is 27.4 Å². The summed E-state index contributed by atoms with van der Waals surface area (Å²) in [5.41, 5.74) is -0.183. The summed E-state index contributed by atoms with van der Waals surface area (Å²) in [4.78, 5) is 14.0. The Bertz CT molecular complexity index is 426. The lowest BCUT2D eigenvalue weighted by atomic mass is 10.1. The second-order valence-corrected chi connectivity index (χ2v) is 3.06. The average Bonchev–Trinajstić information content (AvgIpc) is 2.20. The molecule has 1 aromatic rings. The molecule has 0 bridgehead atoms. The molecule has 0 fully saturated rings. The van der Waals surface area contributed by atoms with Gasteiger partial charge >= 0.3 is 0 Å². The third kappa shape index (κ3) is 1.91. The highest BCUT2D eigenvalue weighted by atomic mass is 79.9. The lowest BCUT2D eigenvalue weighted by molar-refractivity contribution is 0.102. The van der Waals surface area contributed by atoms with Crippen molar-refractivity contribution in [3.8, 4) is 5.75 Å². The molecule has 0 saturated heterocycles. The molecule has 0 aromatic heterocycles. The van der Waals surface area contributed by atoms with Crippen molar-refractivity contribution in [1.82, 2.24) is 0 Å². The molecule has 0 unspecified atom stereocenters. The number of halogens is 2. The summed E-state index contributed by atoms with van der Waals surface area (Å²) in [6.45, 7) is 6.65. The van der Waals surface area contributed by atoms with Gasteiger partial charge < -0.3 is 5.11 Å². The molecule has 0 spiro atoms. The van der Waals surface area contributed by atoms with Gasteiger partial charge in [0.1, 0.15) is 0 Å². The maximum absolute atomic E-state index is 13.0. The monoisotopic (exact) mass is 257 g/mol. The summed E-state index contributed by atoms with van der Waals surface area (Å²) in [5, 5.41) is 9.11. The van der Waals surface area contributed by atoms with Crippen LogP contribution >= 0.6 is 15.9 Å². The number of phenols is 1. The Kier molecular flexibility index (Phi) is 3.20. The van der Waals surface area contributed by atoms with Crippen molar-refractivity contribution in [1.29, 1.82) is 0 Å². The predicted octanol–water partition coefficient (Wildman–Crippen LogP) is 2.66. The van der Waals surface area contributed by atoms with E-state index < -0.39 is 11.6 Å². The van der Waals surface area contributed by atoms with Crippen LogP contribution in [0.4, 0.5) is 10.1 Å². The lowest BCUT2D eigenvalue weighted by Crippen LogP contribution is -2.00. The first kappa shape index (κ1) is 10.7. The number of hydrogen-bond donors (Lipinski definition) is 1. The first-order chi connectivity index (χ1) is 6.60. The zero-order valence-electron chi connectivity index (χ0n) is 6.92. The Labute approximate surface area is 88.1 Å². The first-order valence-electron chi connectivity index (χ1n) is 3.59. The van der Waals surface area contributed by atoms with Crippen LogP contribution in [0.5, 0.6) is 5.75 Å². The molecule has 72 valence electrons. The smallest absolute Gasteiger partial charge is 0.231 e. The van der Waals surface area contributed by atoms with Crippen LogP contribution in [0.3, 0.4) is 0 Å². The molecular weight excluding hydrogens is 253 g/mol. The number of rotatable bonds is 2. The molecule has 0 aliphatic rings.